The summed E-state index contributed by atoms with van der Waals surface area (Å²) in [5, 5.41) is 12.3. The van der Waals surface area contributed by atoms with Crippen molar-refractivity contribution >= 4 is 29.2 Å². The summed E-state index contributed by atoms with van der Waals surface area (Å²) in [7, 11) is 0. The minimum absolute atomic E-state index is 0.174. The summed E-state index contributed by atoms with van der Waals surface area (Å²) < 4.78 is 5.57. The molecule has 0 unspecified atom stereocenters. The Morgan fingerprint density at radius 1 is 1.00 bits per heavy atom. The fourth-order valence-electron chi connectivity index (χ4n) is 2.96. The van der Waals surface area contributed by atoms with Gasteiger partial charge in [-0.25, -0.2) is 0 Å². The fraction of sp³-hybridized carbons (Fsp3) is 0.130. The Morgan fingerprint density at radius 3 is 2.53 bits per heavy atom. The summed E-state index contributed by atoms with van der Waals surface area (Å²) in [6, 6.07) is 19.3. The topological polar surface area (TPSA) is 102 Å². The van der Waals surface area contributed by atoms with Crippen LogP contribution in [0.3, 0.4) is 0 Å². The number of para-hydroxylation sites is 1. The van der Waals surface area contributed by atoms with Gasteiger partial charge in [0.1, 0.15) is 12.4 Å². The lowest BCUT2D eigenvalue weighted by atomic mass is 10.0. The second-order valence-electron chi connectivity index (χ2n) is 6.54. The summed E-state index contributed by atoms with van der Waals surface area (Å²) in [6.07, 6.45) is -0.174. The van der Waals surface area contributed by atoms with Gasteiger partial charge >= 0.3 is 5.97 Å². The second kappa shape index (κ2) is 9.91. The van der Waals surface area contributed by atoms with Crippen LogP contribution in [0, 0.1) is 0 Å². The number of rotatable bonds is 8. The number of aliphatic carboxylic acids is 1. The molecule has 0 radical (unpaired) electrons. The molecule has 0 spiro atoms. The van der Waals surface area contributed by atoms with Gasteiger partial charge in [-0.05, 0) is 47.0 Å². The maximum absolute atomic E-state index is 12.8. The minimum Gasteiger partial charge on any atom is -0.491 e. The van der Waals surface area contributed by atoms with E-state index in [-0.39, 0.29) is 12.3 Å². The van der Waals surface area contributed by atoms with Gasteiger partial charge in [0.2, 0.25) is 0 Å². The van der Waals surface area contributed by atoms with Crippen molar-refractivity contribution in [3.8, 4) is 16.9 Å². The van der Waals surface area contributed by atoms with Gasteiger partial charge in [0.25, 0.3) is 5.91 Å². The number of halogens is 1. The average molecular weight is 425 g/mol. The first-order valence-corrected chi connectivity index (χ1v) is 9.69. The first-order chi connectivity index (χ1) is 14.5. The maximum Gasteiger partial charge on any atom is 0.307 e. The number of ether oxygens (including phenoxy) is 1. The predicted octanol–water partition coefficient (Wildman–Crippen LogP) is 4.22. The van der Waals surface area contributed by atoms with E-state index in [2.05, 4.69) is 5.32 Å². The van der Waals surface area contributed by atoms with Crippen molar-refractivity contribution in [1.29, 1.82) is 0 Å². The molecule has 0 aliphatic carbocycles. The predicted molar refractivity (Wildman–Crippen MR) is 117 cm³/mol. The molecule has 0 bridgehead atoms. The van der Waals surface area contributed by atoms with Crippen molar-refractivity contribution < 1.29 is 19.4 Å². The van der Waals surface area contributed by atoms with Crippen molar-refractivity contribution in [2.75, 3.05) is 18.5 Å². The van der Waals surface area contributed by atoms with E-state index in [1.54, 1.807) is 54.6 Å². The molecule has 3 aromatic rings. The molecule has 3 rings (SSSR count). The van der Waals surface area contributed by atoms with E-state index in [9.17, 15) is 9.59 Å². The smallest absolute Gasteiger partial charge is 0.307 e. The number of carboxylic acids is 1. The zero-order chi connectivity index (χ0) is 21.5. The van der Waals surface area contributed by atoms with Crippen LogP contribution in [0.2, 0.25) is 5.02 Å². The van der Waals surface area contributed by atoms with Crippen LogP contribution in [-0.4, -0.2) is 30.1 Å². The number of carbonyl (C=O) groups excluding carboxylic acids is 1. The van der Waals surface area contributed by atoms with Crippen LogP contribution in [0.4, 0.5) is 5.69 Å². The molecule has 154 valence electrons. The Bertz CT molecular complexity index is 1070. The summed E-state index contributed by atoms with van der Waals surface area (Å²) in [5.74, 6) is -0.769. The van der Waals surface area contributed by atoms with Crippen LogP contribution in [0.1, 0.15) is 15.9 Å². The zero-order valence-electron chi connectivity index (χ0n) is 16.1. The van der Waals surface area contributed by atoms with E-state index in [1.807, 2.05) is 12.1 Å². The third kappa shape index (κ3) is 5.37. The van der Waals surface area contributed by atoms with Crippen molar-refractivity contribution in [3.63, 3.8) is 0 Å². The van der Waals surface area contributed by atoms with Crippen LogP contribution >= 0.6 is 11.6 Å². The third-order valence-corrected chi connectivity index (χ3v) is 4.68. The van der Waals surface area contributed by atoms with Gasteiger partial charge in [-0.2, -0.15) is 0 Å². The van der Waals surface area contributed by atoms with Gasteiger partial charge in [-0.15, -0.1) is 0 Å². The van der Waals surface area contributed by atoms with E-state index in [0.29, 0.717) is 40.7 Å². The molecule has 6 nitrogen and oxygen atoms in total. The molecule has 0 aliphatic heterocycles. The lowest BCUT2D eigenvalue weighted by molar-refractivity contribution is -0.136. The molecule has 0 heterocycles. The monoisotopic (exact) mass is 424 g/mol. The van der Waals surface area contributed by atoms with E-state index in [1.165, 1.54) is 0 Å². The summed E-state index contributed by atoms with van der Waals surface area (Å²) >= 11 is 6.17. The number of hydrogen-bond acceptors (Lipinski definition) is 4. The van der Waals surface area contributed by atoms with Crippen molar-refractivity contribution in [2.45, 2.75) is 6.42 Å². The molecule has 0 aromatic heterocycles. The Labute approximate surface area is 179 Å². The van der Waals surface area contributed by atoms with Crippen molar-refractivity contribution in [1.82, 2.24) is 0 Å². The number of amides is 1. The number of carboxylic acid groups (broad SMARTS) is 1. The Morgan fingerprint density at radius 2 is 1.77 bits per heavy atom. The second-order valence-corrected chi connectivity index (χ2v) is 6.95. The highest BCUT2D eigenvalue weighted by molar-refractivity contribution is 6.32. The summed E-state index contributed by atoms with van der Waals surface area (Å²) in [5.41, 5.74) is 8.59. The van der Waals surface area contributed by atoms with Gasteiger partial charge in [-0.1, -0.05) is 48.0 Å². The van der Waals surface area contributed by atoms with Crippen LogP contribution in [-0.2, 0) is 11.2 Å². The molecule has 0 atom stereocenters. The Balaban J connectivity index is 1.84. The highest BCUT2D eigenvalue weighted by Crippen LogP contribution is 2.31. The number of carbonyl (C=O) groups is 2. The van der Waals surface area contributed by atoms with Gasteiger partial charge in [0.15, 0.2) is 0 Å². The number of hydrogen-bond donors (Lipinski definition) is 3. The summed E-state index contributed by atoms with van der Waals surface area (Å²) in [4.78, 5) is 23.8. The Hall–Kier alpha value is -3.35. The normalized spacial score (nSPS) is 10.5. The largest absolute Gasteiger partial charge is 0.491 e. The summed E-state index contributed by atoms with van der Waals surface area (Å²) in [6.45, 7) is 0.723. The lowest BCUT2D eigenvalue weighted by Gasteiger charge is -2.12. The molecule has 30 heavy (non-hydrogen) atoms. The number of benzene rings is 3. The SMILES string of the molecule is NCCOc1cc(-c2cccc(C(=O)Nc3ccccc3CC(=O)O)c2)ccc1Cl. The molecule has 0 aliphatic rings. The van der Waals surface area contributed by atoms with E-state index in [0.717, 1.165) is 11.1 Å². The van der Waals surface area contributed by atoms with Gasteiger partial charge < -0.3 is 20.9 Å². The van der Waals surface area contributed by atoms with Crippen LogP contribution < -0.4 is 15.8 Å². The van der Waals surface area contributed by atoms with Gasteiger partial charge in [0.05, 0.1) is 11.4 Å². The molecule has 4 N–H and O–H groups in total. The van der Waals surface area contributed by atoms with Crippen LogP contribution in [0.25, 0.3) is 11.1 Å². The average Bonchev–Trinajstić information content (AvgIpc) is 2.74. The van der Waals surface area contributed by atoms with Gasteiger partial charge in [-0.3, -0.25) is 9.59 Å². The molecule has 0 fully saturated rings. The van der Waals surface area contributed by atoms with E-state index in [4.69, 9.17) is 27.2 Å². The number of nitrogens with two attached hydrogens (primary N) is 1. The van der Waals surface area contributed by atoms with E-state index >= 15 is 0 Å². The molecule has 0 saturated carbocycles. The molecule has 7 heteroatoms. The minimum atomic E-state index is -0.964. The highest BCUT2D eigenvalue weighted by atomic mass is 35.5. The van der Waals surface area contributed by atoms with E-state index < -0.39 is 5.97 Å². The third-order valence-electron chi connectivity index (χ3n) is 4.37. The van der Waals surface area contributed by atoms with Crippen molar-refractivity contribution in [3.05, 3.63) is 82.9 Å². The maximum atomic E-state index is 12.8. The number of anilines is 1. The molecule has 3 aromatic carbocycles. The fourth-order valence-corrected chi connectivity index (χ4v) is 3.13. The highest BCUT2D eigenvalue weighted by Gasteiger charge is 2.12. The molecular weight excluding hydrogens is 404 g/mol. The van der Waals surface area contributed by atoms with Crippen LogP contribution in [0.5, 0.6) is 5.75 Å². The molecule has 1 amide bonds. The quantitative estimate of drug-likeness (QED) is 0.502. The zero-order valence-corrected chi connectivity index (χ0v) is 16.9. The number of nitrogens with one attached hydrogen (secondary N) is 1. The Kier molecular flexibility index (Phi) is 7.06. The lowest BCUT2D eigenvalue weighted by Crippen LogP contribution is -2.14. The molecule has 0 saturated heterocycles. The van der Waals surface area contributed by atoms with Crippen LogP contribution in [0.15, 0.2) is 66.7 Å². The molecular formula is C23H21ClN2O4. The first kappa shape index (κ1) is 21.4. The standard InChI is InChI=1S/C23H21ClN2O4/c24-19-9-8-16(13-21(19)30-11-10-25)15-5-3-6-18(12-15)23(29)26-20-7-2-1-4-17(20)14-22(27)28/h1-9,12-13H,10-11,14,25H2,(H,26,29)(H,27,28). The van der Waals surface area contributed by atoms with Gasteiger partial charge in [0, 0.05) is 17.8 Å². The van der Waals surface area contributed by atoms with Crippen molar-refractivity contribution in [2.24, 2.45) is 5.73 Å². The first-order valence-electron chi connectivity index (χ1n) is 9.32.